The topological polar surface area (TPSA) is 74.2 Å². The first-order chi connectivity index (χ1) is 8.98. The summed E-state index contributed by atoms with van der Waals surface area (Å²) in [4.78, 5) is 4.51. The van der Waals surface area contributed by atoms with E-state index in [1.165, 1.54) is 12.8 Å². The van der Waals surface area contributed by atoms with Crippen LogP contribution in [0.15, 0.2) is 4.52 Å². The van der Waals surface area contributed by atoms with Crippen LogP contribution < -0.4 is 5.73 Å². The number of nitrogens with zero attached hydrogens (tertiary/aromatic N) is 2. The minimum atomic E-state index is -0.530. The van der Waals surface area contributed by atoms with Gasteiger partial charge in [-0.05, 0) is 33.6 Å². The van der Waals surface area contributed by atoms with E-state index in [2.05, 4.69) is 10.1 Å². The summed E-state index contributed by atoms with van der Waals surface area (Å²) in [6, 6.07) is 0. The molecule has 2 rings (SSSR count). The summed E-state index contributed by atoms with van der Waals surface area (Å²) in [5.41, 5.74) is 5.49. The van der Waals surface area contributed by atoms with E-state index in [-0.39, 0.29) is 0 Å². The quantitative estimate of drug-likeness (QED) is 0.849. The van der Waals surface area contributed by atoms with Gasteiger partial charge in [0.15, 0.2) is 0 Å². The van der Waals surface area contributed by atoms with Crippen LogP contribution in [0, 0.1) is 0 Å². The van der Waals surface area contributed by atoms with E-state index in [1.54, 1.807) is 0 Å². The summed E-state index contributed by atoms with van der Waals surface area (Å²) in [5, 5.41) is 4.07. The number of nitrogens with two attached hydrogens (primary N) is 1. The molecule has 19 heavy (non-hydrogen) atoms. The Balaban J connectivity index is 2.20. The van der Waals surface area contributed by atoms with Crippen molar-refractivity contribution in [3.63, 3.8) is 0 Å². The molecule has 5 heteroatoms. The first-order valence-corrected chi connectivity index (χ1v) is 7.25. The predicted octanol–water partition coefficient (Wildman–Crippen LogP) is 2.85. The minimum Gasteiger partial charge on any atom is -0.368 e. The third kappa shape index (κ3) is 3.15. The lowest BCUT2D eigenvalue weighted by atomic mass is 9.91. The highest BCUT2D eigenvalue weighted by Gasteiger charge is 2.36. The molecule has 1 aliphatic rings. The molecular weight excluding hydrogens is 242 g/mol. The standard InChI is InChI=1S/C14H25N3O2/c1-4-18-13(2,3)11-16-12(19-17-11)14(15)9-7-5-6-8-10-14/h4-10,15H2,1-3H3. The normalized spacial score (nSPS) is 20.2. The van der Waals surface area contributed by atoms with Crippen molar-refractivity contribution in [2.45, 2.75) is 70.4 Å². The maximum Gasteiger partial charge on any atom is 0.246 e. The van der Waals surface area contributed by atoms with Crippen LogP contribution >= 0.6 is 0 Å². The van der Waals surface area contributed by atoms with E-state index >= 15 is 0 Å². The van der Waals surface area contributed by atoms with Crippen LogP contribution in [0.1, 0.15) is 71.0 Å². The molecule has 1 aliphatic carbocycles. The van der Waals surface area contributed by atoms with Crippen molar-refractivity contribution in [2.24, 2.45) is 5.73 Å². The Morgan fingerprint density at radius 1 is 1.26 bits per heavy atom. The van der Waals surface area contributed by atoms with Crippen LogP contribution in [0.3, 0.4) is 0 Å². The molecule has 5 nitrogen and oxygen atoms in total. The largest absolute Gasteiger partial charge is 0.368 e. The van der Waals surface area contributed by atoms with Gasteiger partial charge in [0.05, 0.1) is 5.54 Å². The second-order valence-electron chi connectivity index (χ2n) is 5.94. The maximum absolute atomic E-state index is 6.47. The Morgan fingerprint density at radius 2 is 1.89 bits per heavy atom. The second kappa shape index (κ2) is 5.59. The Bertz CT molecular complexity index is 407. The lowest BCUT2D eigenvalue weighted by molar-refractivity contribution is -0.0221. The number of hydrogen-bond donors (Lipinski definition) is 1. The van der Waals surface area contributed by atoms with Gasteiger partial charge in [0.1, 0.15) is 5.60 Å². The van der Waals surface area contributed by atoms with Crippen LogP contribution in [0.2, 0.25) is 0 Å². The molecule has 0 atom stereocenters. The molecule has 0 aliphatic heterocycles. The zero-order chi connectivity index (χ0) is 13.9. The Kier molecular flexibility index (Phi) is 4.26. The lowest BCUT2D eigenvalue weighted by Gasteiger charge is -2.23. The summed E-state index contributed by atoms with van der Waals surface area (Å²) in [5.74, 6) is 1.15. The first-order valence-electron chi connectivity index (χ1n) is 7.25. The second-order valence-corrected chi connectivity index (χ2v) is 5.94. The summed E-state index contributed by atoms with van der Waals surface area (Å²) in [6.07, 6.45) is 6.58. The monoisotopic (exact) mass is 267 g/mol. The molecule has 1 aromatic rings. The molecule has 1 aromatic heterocycles. The summed E-state index contributed by atoms with van der Waals surface area (Å²) in [6.45, 7) is 6.46. The Morgan fingerprint density at radius 3 is 2.47 bits per heavy atom. The van der Waals surface area contributed by atoms with Gasteiger partial charge in [-0.1, -0.05) is 30.8 Å². The minimum absolute atomic E-state index is 0.454. The van der Waals surface area contributed by atoms with Crippen molar-refractivity contribution in [2.75, 3.05) is 6.61 Å². The zero-order valence-corrected chi connectivity index (χ0v) is 12.2. The molecule has 0 aromatic carbocycles. The lowest BCUT2D eigenvalue weighted by Crippen LogP contribution is -2.36. The molecule has 0 saturated heterocycles. The average molecular weight is 267 g/mol. The molecule has 0 unspecified atom stereocenters. The van der Waals surface area contributed by atoms with Crippen LogP contribution in [0.5, 0.6) is 0 Å². The summed E-state index contributed by atoms with van der Waals surface area (Å²) < 4.78 is 11.1. The van der Waals surface area contributed by atoms with Crippen LogP contribution in [0.25, 0.3) is 0 Å². The maximum atomic E-state index is 6.47. The number of aromatic nitrogens is 2. The highest BCUT2D eigenvalue weighted by Crippen LogP contribution is 2.34. The van der Waals surface area contributed by atoms with Gasteiger partial charge < -0.3 is 15.0 Å². The third-order valence-electron chi connectivity index (χ3n) is 3.89. The van der Waals surface area contributed by atoms with Crippen LogP contribution in [-0.4, -0.2) is 16.7 Å². The average Bonchev–Trinajstić information content (AvgIpc) is 2.76. The van der Waals surface area contributed by atoms with Crippen molar-refractivity contribution in [3.8, 4) is 0 Å². The van der Waals surface area contributed by atoms with Crippen molar-refractivity contribution >= 4 is 0 Å². The van der Waals surface area contributed by atoms with Gasteiger partial charge in [-0.25, -0.2) is 0 Å². The fraction of sp³-hybridized carbons (Fsp3) is 0.857. The fourth-order valence-electron chi connectivity index (χ4n) is 2.67. The molecule has 1 fully saturated rings. The Labute approximate surface area is 114 Å². The van der Waals surface area contributed by atoms with Crippen molar-refractivity contribution in [1.82, 2.24) is 10.1 Å². The molecule has 0 bridgehead atoms. The third-order valence-corrected chi connectivity index (χ3v) is 3.89. The van der Waals surface area contributed by atoms with E-state index in [0.29, 0.717) is 18.3 Å². The molecule has 1 heterocycles. The molecular formula is C14H25N3O2. The summed E-state index contributed by atoms with van der Waals surface area (Å²) in [7, 11) is 0. The summed E-state index contributed by atoms with van der Waals surface area (Å²) >= 11 is 0. The van der Waals surface area contributed by atoms with Crippen LogP contribution in [0.4, 0.5) is 0 Å². The molecule has 108 valence electrons. The molecule has 0 amide bonds. The van der Waals surface area contributed by atoms with E-state index in [4.69, 9.17) is 15.0 Å². The molecule has 0 spiro atoms. The van der Waals surface area contributed by atoms with Crippen LogP contribution in [-0.2, 0) is 15.9 Å². The van der Waals surface area contributed by atoms with Gasteiger partial charge in [0.25, 0.3) is 0 Å². The van der Waals surface area contributed by atoms with E-state index < -0.39 is 11.1 Å². The fourth-order valence-corrected chi connectivity index (χ4v) is 2.67. The highest BCUT2D eigenvalue weighted by atomic mass is 16.5. The van der Waals surface area contributed by atoms with Gasteiger partial charge in [0, 0.05) is 6.61 Å². The number of ether oxygens (including phenoxy) is 1. The molecule has 0 radical (unpaired) electrons. The van der Waals surface area contributed by atoms with E-state index in [0.717, 1.165) is 25.7 Å². The zero-order valence-electron chi connectivity index (χ0n) is 12.2. The molecule has 1 saturated carbocycles. The number of hydrogen-bond acceptors (Lipinski definition) is 5. The SMILES string of the molecule is CCOC(C)(C)c1noc(C2(N)CCCCCC2)n1. The van der Waals surface area contributed by atoms with E-state index in [1.807, 2.05) is 20.8 Å². The van der Waals surface area contributed by atoms with Gasteiger partial charge in [-0.15, -0.1) is 0 Å². The van der Waals surface area contributed by atoms with Crippen molar-refractivity contribution in [1.29, 1.82) is 0 Å². The van der Waals surface area contributed by atoms with Gasteiger partial charge in [-0.3, -0.25) is 0 Å². The van der Waals surface area contributed by atoms with Gasteiger partial charge >= 0.3 is 0 Å². The predicted molar refractivity (Wildman–Crippen MR) is 72.5 cm³/mol. The van der Waals surface area contributed by atoms with E-state index in [9.17, 15) is 0 Å². The first kappa shape index (κ1) is 14.5. The Hall–Kier alpha value is -0.940. The van der Waals surface area contributed by atoms with Gasteiger partial charge in [0.2, 0.25) is 11.7 Å². The van der Waals surface area contributed by atoms with Gasteiger partial charge in [-0.2, -0.15) is 4.98 Å². The number of rotatable bonds is 4. The van der Waals surface area contributed by atoms with Crippen molar-refractivity contribution < 1.29 is 9.26 Å². The highest BCUT2D eigenvalue weighted by molar-refractivity contribution is 5.06. The smallest absolute Gasteiger partial charge is 0.246 e. The molecule has 2 N–H and O–H groups in total. The van der Waals surface area contributed by atoms with Crippen molar-refractivity contribution in [3.05, 3.63) is 11.7 Å².